The second kappa shape index (κ2) is 7.18. The number of rotatable bonds is 1. The average molecular weight is 203 g/mol. The van der Waals surface area contributed by atoms with Gasteiger partial charge < -0.3 is 0 Å². The largest absolute Gasteiger partial charge is 0.274 e. The molecule has 1 nitrogen and oxygen atoms in total. The molecule has 0 heterocycles. The summed E-state index contributed by atoms with van der Waals surface area (Å²) in [7, 11) is 0. The number of hydrogen-bond acceptors (Lipinski definition) is 2. The van der Waals surface area contributed by atoms with Gasteiger partial charge in [0.1, 0.15) is 0 Å². The van der Waals surface area contributed by atoms with E-state index in [2.05, 4.69) is 0 Å². The van der Waals surface area contributed by atoms with Crippen molar-refractivity contribution in [3.05, 3.63) is 66.7 Å². The summed E-state index contributed by atoms with van der Waals surface area (Å²) in [5, 5.41) is 5.27. The lowest BCUT2D eigenvalue weighted by molar-refractivity contribution is 1.46. The molecular weight excluding hydrogens is 190 g/mol. The molecular formula is C12H13NS. The van der Waals surface area contributed by atoms with Crippen LogP contribution in [0.15, 0.2) is 71.6 Å². The van der Waals surface area contributed by atoms with Gasteiger partial charge in [-0.15, -0.1) is 0 Å². The first-order valence-corrected chi connectivity index (χ1v) is 5.23. The smallest absolute Gasteiger partial charge is 0.0225 e. The molecule has 2 N–H and O–H groups in total. The lowest BCUT2D eigenvalue weighted by Gasteiger charge is -1.88. The third-order valence-corrected chi connectivity index (χ3v) is 2.09. The fourth-order valence-corrected chi connectivity index (χ4v) is 1.20. The van der Waals surface area contributed by atoms with E-state index in [0.29, 0.717) is 0 Å². The Kier molecular flexibility index (Phi) is 5.56. The minimum absolute atomic E-state index is 1.10. The second-order valence-corrected chi connectivity index (χ2v) is 3.29. The van der Waals surface area contributed by atoms with Gasteiger partial charge in [-0.1, -0.05) is 54.6 Å². The molecule has 0 aliphatic rings. The summed E-state index contributed by atoms with van der Waals surface area (Å²) >= 11 is 1.27. The predicted molar refractivity (Wildman–Crippen MR) is 62.9 cm³/mol. The highest BCUT2D eigenvalue weighted by Gasteiger charge is 1.81. The fourth-order valence-electron chi connectivity index (χ4n) is 0.884. The first-order chi connectivity index (χ1) is 6.93. The Morgan fingerprint density at radius 3 is 1.29 bits per heavy atom. The first kappa shape index (κ1) is 10.8. The van der Waals surface area contributed by atoms with Crippen LogP contribution in [0.25, 0.3) is 0 Å². The van der Waals surface area contributed by atoms with Crippen LogP contribution < -0.4 is 5.14 Å². The Morgan fingerprint density at radius 1 is 0.643 bits per heavy atom. The summed E-state index contributed by atoms with van der Waals surface area (Å²) in [4.78, 5) is 1.10. The maximum atomic E-state index is 5.27. The molecule has 0 aliphatic carbocycles. The molecule has 0 bridgehead atoms. The van der Waals surface area contributed by atoms with Crippen LogP contribution in [-0.4, -0.2) is 0 Å². The maximum absolute atomic E-state index is 5.27. The van der Waals surface area contributed by atoms with Crippen molar-refractivity contribution in [2.24, 2.45) is 5.14 Å². The Hall–Kier alpha value is -1.25. The van der Waals surface area contributed by atoms with E-state index in [1.54, 1.807) is 0 Å². The van der Waals surface area contributed by atoms with Crippen molar-refractivity contribution >= 4 is 11.9 Å². The fraction of sp³-hybridized carbons (Fsp3) is 0. The summed E-state index contributed by atoms with van der Waals surface area (Å²) in [5.41, 5.74) is 0. The Morgan fingerprint density at radius 2 is 1.00 bits per heavy atom. The standard InChI is InChI=1S/C6H7NS.C6H6/c7-8-6-4-2-1-3-5-6;1-2-4-6-5-3-1/h1-5H,7H2;1-6H. The number of hydrogen-bond donors (Lipinski definition) is 1. The van der Waals surface area contributed by atoms with Crippen LogP contribution in [-0.2, 0) is 0 Å². The molecule has 0 aromatic heterocycles. The zero-order valence-corrected chi connectivity index (χ0v) is 8.65. The zero-order valence-electron chi connectivity index (χ0n) is 7.84. The second-order valence-electron chi connectivity index (χ2n) is 2.59. The zero-order chi connectivity index (χ0) is 10.1. The topological polar surface area (TPSA) is 26.0 Å². The van der Waals surface area contributed by atoms with Crippen molar-refractivity contribution in [3.8, 4) is 0 Å². The summed E-state index contributed by atoms with van der Waals surface area (Å²) < 4.78 is 0. The van der Waals surface area contributed by atoms with E-state index < -0.39 is 0 Å². The molecule has 0 aliphatic heterocycles. The third kappa shape index (κ3) is 4.70. The SMILES string of the molecule is NSc1ccccc1.c1ccccc1. The molecule has 0 amide bonds. The lowest BCUT2D eigenvalue weighted by Crippen LogP contribution is -1.75. The predicted octanol–water partition coefficient (Wildman–Crippen LogP) is 3.34. The van der Waals surface area contributed by atoms with Crippen LogP contribution in [0.4, 0.5) is 0 Å². The van der Waals surface area contributed by atoms with E-state index >= 15 is 0 Å². The quantitative estimate of drug-likeness (QED) is 0.719. The van der Waals surface area contributed by atoms with Crippen LogP contribution in [0.3, 0.4) is 0 Å². The maximum Gasteiger partial charge on any atom is 0.0225 e. The monoisotopic (exact) mass is 203 g/mol. The van der Waals surface area contributed by atoms with Gasteiger partial charge >= 0.3 is 0 Å². The molecule has 2 aromatic carbocycles. The van der Waals surface area contributed by atoms with Gasteiger partial charge in [0.05, 0.1) is 0 Å². The van der Waals surface area contributed by atoms with Crippen LogP contribution in [0.1, 0.15) is 0 Å². The minimum Gasteiger partial charge on any atom is -0.274 e. The third-order valence-electron chi connectivity index (χ3n) is 1.55. The Bertz CT molecular complexity index is 294. The molecule has 0 fully saturated rings. The summed E-state index contributed by atoms with van der Waals surface area (Å²) in [5.74, 6) is 0. The molecule has 0 saturated heterocycles. The molecule has 0 saturated carbocycles. The van der Waals surface area contributed by atoms with Gasteiger partial charge in [-0.05, 0) is 24.1 Å². The summed E-state index contributed by atoms with van der Waals surface area (Å²) in [6.45, 7) is 0. The molecule has 0 spiro atoms. The van der Waals surface area contributed by atoms with Crippen LogP contribution >= 0.6 is 11.9 Å². The molecule has 72 valence electrons. The number of benzene rings is 2. The normalized spacial score (nSPS) is 8.64. The highest BCUT2D eigenvalue weighted by Crippen LogP contribution is 2.08. The highest BCUT2D eigenvalue weighted by molar-refractivity contribution is 7.97. The van der Waals surface area contributed by atoms with Crippen LogP contribution in [0.5, 0.6) is 0 Å². The Balaban J connectivity index is 0.000000146. The van der Waals surface area contributed by atoms with Crippen molar-refractivity contribution in [3.63, 3.8) is 0 Å². The van der Waals surface area contributed by atoms with Gasteiger partial charge in [-0.3, -0.25) is 5.14 Å². The van der Waals surface area contributed by atoms with Crippen LogP contribution in [0, 0.1) is 0 Å². The molecule has 0 unspecified atom stereocenters. The average Bonchev–Trinajstić information content (AvgIpc) is 2.33. The van der Waals surface area contributed by atoms with Gasteiger partial charge in [0.2, 0.25) is 0 Å². The van der Waals surface area contributed by atoms with Gasteiger partial charge in [0, 0.05) is 4.90 Å². The van der Waals surface area contributed by atoms with Gasteiger partial charge in [-0.25, -0.2) is 0 Å². The van der Waals surface area contributed by atoms with Crippen molar-refractivity contribution < 1.29 is 0 Å². The summed E-state index contributed by atoms with van der Waals surface area (Å²) in [6.07, 6.45) is 0. The Labute approximate surface area is 89.1 Å². The minimum atomic E-state index is 1.10. The molecule has 2 heteroatoms. The van der Waals surface area contributed by atoms with E-state index in [4.69, 9.17) is 5.14 Å². The van der Waals surface area contributed by atoms with Gasteiger partial charge in [0.25, 0.3) is 0 Å². The van der Waals surface area contributed by atoms with Crippen molar-refractivity contribution in [2.45, 2.75) is 4.90 Å². The van der Waals surface area contributed by atoms with Gasteiger partial charge in [-0.2, -0.15) is 0 Å². The lowest BCUT2D eigenvalue weighted by atomic mass is 10.4. The van der Waals surface area contributed by atoms with E-state index in [9.17, 15) is 0 Å². The van der Waals surface area contributed by atoms with E-state index in [-0.39, 0.29) is 0 Å². The van der Waals surface area contributed by atoms with Gasteiger partial charge in [0.15, 0.2) is 0 Å². The summed E-state index contributed by atoms with van der Waals surface area (Å²) in [6, 6.07) is 21.9. The molecule has 14 heavy (non-hydrogen) atoms. The van der Waals surface area contributed by atoms with Crippen molar-refractivity contribution in [1.29, 1.82) is 0 Å². The van der Waals surface area contributed by atoms with Crippen molar-refractivity contribution in [1.82, 2.24) is 0 Å². The first-order valence-electron chi connectivity index (χ1n) is 4.35. The molecule has 0 radical (unpaired) electrons. The number of nitrogens with two attached hydrogens (primary N) is 1. The van der Waals surface area contributed by atoms with E-state index in [1.807, 2.05) is 66.7 Å². The molecule has 2 rings (SSSR count). The van der Waals surface area contributed by atoms with Crippen molar-refractivity contribution in [2.75, 3.05) is 0 Å². The van der Waals surface area contributed by atoms with E-state index in [1.165, 1.54) is 11.9 Å². The highest BCUT2D eigenvalue weighted by atomic mass is 32.2. The molecule has 0 atom stereocenters. The molecule has 2 aromatic rings. The van der Waals surface area contributed by atoms with E-state index in [0.717, 1.165) is 4.90 Å². The van der Waals surface area contributed by atoms with Crippen LogP contribution in [0.2, 0.25) is 0 Å².